The van der Waals surface area contributed by atoms with Crippen molar-refractivity contribution in [3.63, 3.8) is 0 Å². The number of fused-ring (bicyclic) bond motifs is 3. The lowest BCUT2D eigenvalue weighted by atomic mass is 10.1. The molecule has 3 nitrogen and oxygen atoms in total. The lowest BCUT2D eigenvalue weighted by molar-refractivity contribution is 0.964. The topological polar surface area (TPSA) is 39.1 Å². The van der Waals surface area contributed by atoms with E-state index in [0.29, 0.717) is 21.5 Å². The third-order valence-corrected chi connectivity index (χ3v) is 4.66. The Morgan fingerprint density at radius 2 is 1.20 bits per heavy atom. The molecule has 0 saturated carbocycles. The molecule has 4 heteroatoms. The van der Waals surface area contributed by atoms with Crippen molar-refractivity contribution in [2.45, 2.75) is 6.92 Å². The molecule has 25 heavy (non-hydrogen) atoms. The maximum Gasteiger partial charge on any atom is 0.265 e. The highest BCUT2D eigenvalue weighted by molar-refractivity contribution is 6.30. The number of hydrogen-bond donors (Lipinski definition) is 0. The van der Waals surface area contributed by atoms with Gasteiger partial charge in [-0.05, 0) is 47.5 Å². The molecule has 0 atom stereocenters. The van der Waals surface area contributed by atoms with Crippen LogP contribution in [0.15, 0.2) is 76.3 Å². The van der Waals surface area contributed by atoms with E-state index in [0.717, 1.165) is 16.3 Å². The summed E-state index contributed by atoms with van der Waals surface area (Å²) in [6.07, 6.45) is 0. The summed E-state index contributed by atoms with van der Waals surface area (Å²) in [4.78, 5) is 26.5. The van der Waals surface area contributed by atoms with Crippen LogP contribution in [0.3, 0.4) is 0 Å². The predicted molar refractivity (Wildman–Crippen MR) is 103 cm³/mol. The van der Waals surface area contributed by atoms with Crippen LogP contribution in [0.5, 0.6) is 0 Å². The van der Waals surface area contributed by atoms with Gasteiger partial charge >= 0.3 is 0 Å². The van der Waals surface area contributed by atoms with Gasteiger partial charge in [-0.3, -0.25) is 9.59 Å². The zero-order valence-corrected chi connectivity index (χ0v) is 14.2. The third kappa shape index (κ3) is 2.44. The van der Waals surface area contributed by atoms with E-state index < -0.39 is 0 Å². The largest absolute Gasteiger partial charge is 0.268 e. The zero-order valence-electron chi connectivity index (χ0n) is 13.5. The average molecular weight is 348 g/mol. The predicted octanol–water partition coefficient (Wildman–Crippen LogP) is 4.47. The molecule has 0 saturated heterocycles. The van der Waals surface area contributed by atoms with Gasteiger partial charge in [0.25, 0.3) is 11.1 Å². The summed E-state index contributed by atoms with van der Waals surface area (Å²) in [6, 6.07) is 19.8. The molecule has 0 aliphatic heterocycles. The minimum Gasteiger partial charge on any atom is -0.268 e. The van der Waals surface area contributed by atoms with Crippen molar-refractivity contribution in [3.8, 4) is 5.69 Å². The van der Waals surface area contributed by atoms with E-state index in [-0.39, 0.29) is 11.1 Å². The second-order valence-electron chi connectivity index (χ2n) is 5.97. The van der Waals surface area contributed by atoms with E-state index in [9.17, 15) is 9.59 Å². The number of rotatable bonds is 1. The second kappa shape index (κ2) is 5.87. The molecular weight excluding hydrogens is 334 g/mol. The molecule has 122 valence electrons. The molecule has 1 aromatic heterocycles. The Labute approximate surface area is 148 Å². The minimum absolute atomic E-state index is 0.345. The van der Waals surface area contributed by atoms with Gasteiger partial charge in [-0.1, -0.05) is 54.1 Å². The normalized spacial score (nSPS) is 11.1. The lowest BCUT2D eigenvalue weighted by Crippen LogP contribution is -2.29. The quantitative estimate of drug-likeness (QED) is 0.509. The zero-order chi connectivity index (χ0) is 17.6. The van der Waals surface area contributed by atoms with Crippen LogP contribution in [0.1, 0.15) is 5.56 Å². The fourth-order valence-electron chi connectivity index (χ4n) is 3.18. The highest BCUT2D eigenvalue weighted by Crippen LogP contribution is 2.22. The fraction of sp³-hybridized carbons (Fsp3) is 0.0476. The number of aromatic nitrogens is 1. The molecule has 0 aliphatic carbocycles. The molecule has 3 aromatic carbocycles. The summed E-state index contributed by atoms with van der Waals surface area (Å²) in [5.41, 5.74) is 0.626. The Hall–Kier alpha value is -2.91. The van der Waals surface area contributed by atoms with Crippen LogP contribution in [0.25, 0.3) is 27.2 Å². The van der Waals surface area contributed by atoms with E-state index in [2.05, 4.69) is 0 Å². The van der Waals surface area contributed by atoms with Crippen molar-refractivity contribution < 1.29 is 0 Å². The van der Waals surface area contributed by atoms with Crippen molar-refractivity contribution in [2.75, 3.05) is 0 Å². The summed E-state index contributed by atoms with van der Waals surface area (Å²) in [5, 5.41) is 3.00. The van der Waals surface area contributed by atoms with Gasteiger partial charge in [-0.25, -0.2) is 4.57 Å². The average Bonchev–Trinajstić information content (AvgIpc) is 2.72. The monoisotopic (exact) mass is 347 g/mol. The molecular formula is C21H14ClNO2. The first-order valence-corrected chi connectivity index (χ1v) is 8.29. The van der Waals surface area contributed by atoms with Gasteiger partial charge in [0.1, 0.15) is 0 Å². The molecule has 0 unspecified atom stereocenters. The van der Waals surface area contributed by atoms with E-state index in [1.165, 1.54) is 4.57 Å². The molecule has 0 radical (unpaired) electrons. The number of aryl methyl sites for hydroxylation is 1. The summed E-state index contributed by atoms with van der Waals surface area (Å²) >= 11 is 6.12. The highest BCUT2D eigenvalue weighted by Gasteiger charge is 2.13. The first-order chi connectivity index (χ1) is 12.1. The van der Waals surface area contributed by atoms with Gasteiger partial charge in [0.2, 0.25) is 0 Å². The molecule has 0 bridgehead atoms. The van der Waals surface area contributed by atoms with Crippen LogP contribution < -0.4 is 11.1 Å². The van der Waals surface area contributed by atoms with Crippen molar-refractivity contribution in [1.29, 1.82) is 0 Å². The van der Waals surface area contributed by atoms with Gasteiger partial charge in [0, 0.05) is 15.8 Å². The van der Waals surface area contributed by atoms with E-state index in [1.54, 1.807) is 42.5 Å². The molecule has 0 spiro atoms. The summed E-state index contributed by atoms with van der Waals surface area (Å²) in [7, 11) is 0. The fourth-order valence-corrected chi connectivity index (χ4v) is 3.35. The van der Waals surface area contributed by atoms with Crippen LogP contribution in [-0.2, 0) is 0 Å². The van der Waals surface area contributed by atoms with E-state index in [4.69, 9.17) is 11.6 Å². The maximum atomic E-state index is 13.2. The van der Waals surface area contributed by atoms with Gasteiger partial charge < -0.3 is 0 Å². The first kappa shape index (κ1) is 15.6. The molecule has 4 rings (SSSR count). The Morgan fingerprint density at radius 3 is 1.72 bits per heavy atom. The summed E-state index contributed by atoms with van der Waals surface area (Å²) in [5.74, 6) is 0. The second-order valence-corrected chi connectivity index (χ2v) is 6.40. The standard InChI is InChI=1S/C21H14ClNO2/c1-13-10-11-14(22)12-19(13)23-20(24)17-8-4-2-6-15(17)16-7-3-5-9-18(16)21(23)25/h2-12H,1H3. The number of nitrogens with zero attached hydrogens (tertiary/aromatic N) is 1. The Kier molecular flexibility index (Phi) is 3.66. The van der Waals surface area contributed by atoms with Crippen LogP contribution in [0.4, 0.5) is 0 Å². The van der Waals surface area contributed by atoms with Crippen molar-refractivity contribution in [1.82, 2.24) is 4.57 Å². The van der Waals surface area contributed by atoms with Crippen LogP contribution in [0.2, 0.25) is 5.02 Å². The summed E-state index contributed by atoms with van der Waals surface area (Å²) < 4.78 is 1.23. The third-order valence-electron chi connectivity index (χ3n) is 4.42. The smallest absolute Gasteiger partial charge is 0.265 e. The molecule has 0 N–H and O–H groups in total. The Balaban J connectivity index is 2.36. The van der Waals surface area contributed by atoms with Gasteiger partial charge in [0.15, 0.2) is 0 Å². The highest BCUT2D eigenvalue weighted by atomic mass is 35.5. The molecule has 1 heterocycles. The molecule has 4 aromatic rings. The SMILES string of the molecule is Cc1ccc(Cl)cc1-n1c(=O)c2ccccc2c2ccccc2c1=O. The minimum atomic E-state index is -0.345. The van der Waals surface area contributed by atoms with Crippen LogP contribution in [0, 0.1) is 6.92 Å². The molecule has 0 fully saturated rings. The molecule has 0 aliphatic rings. The maximum absolute atomic E-state index is 13.2. The van der Waals surface area contributed by atoms with Gasteiger partial charge in [-0.15, -0.1) is 0 Å². The number of benzene rings is 3. The summed E-state index contributed by atoms with van der Waals surface area (Å²) in [6.45, 7) is 1.86. The molecule has 0 amide bonds. The van der Waals surface area contributed by atoms with Gasteiger partial charge in [-0.2, -0.15) is 0 Å². The van der Waals surface area contributed by atoms with Crippen molar-refractivity contribution >= 4 is 33.1 Å². The van der Waals surface area contributed by atoms with E-state index in [1.807, 2.05) is 31.2 Å². The Bertz CT molecular complexity index is 1190. The van der Waals surface area contributed by atoms with Crippen molar-refractivity contribution in [3.05, 3.63) is 98.0 Å². The van der Waals surface area contributed by atoms with Crippen molar-refractivity contribution in [2.24, 2.45) is 0 Å². The Morgan fingerprint density at radius 1 is 0.720 bits per heavy atom. The van der Waals surface area contributed by atoms with Crippen LogP contribution >= 0.6 is 11.6 Å². The van der Waals surface area contributed by atoms with Gasteiger partial charge in [0.05, 0.1) is 5.69 Å². The number of hydrogen-bond acceptors (Lipinski definition) is 2. The van der Waals surface area contributed by atoms with Crippen LogP contribution in [-0.4, -0.2) is 4.57 Å². The van der Waals surface area contributed by atoms with E-state index >= 15 is 0 Å². The number of halogens is 1. The lowest BCUT2D eigenvalue weighted by Gasteiger charge is -2.07. The first-order valence-electron chi connectivity index (χ1n) is 7.91.